The van der Waals surface area contributed by atoms with Gasteiger partial charge in [-0.2, -0.15) is 0 Å². The second kappa shape index (κ2) is 11.3. The Morgan fingerprint density at radius 3 is 2.80 bits per heavy atom. The zero-order chi connectivity index (χ0) is 21.4. The molecule has 1 saturated heterocycles. The molecule has 10 heteroatoms. The maximum Gasteiger partial charge on any atom is 0.266 e. The van der Waals surface area contributed by atoms with Crippen molar-refractivity contribution >= 4 is 43.8 Å². The van der Waals surface area contributed by atoms with Crippen LogP contribution in [0, 0.1) is 5.82 Å². The van der Waals surface area contributed by atoms with E-state index >= 15 is 0 Å². The van der Waals surface area contributed by atoms with Crippen LogP contribution in [0.4, 0.5) is 15.2 Å². The summed E-state index contributed by atoms with van der Waals surface area (Å²) in [7, 11) is -4.09. The lowest BCUT2D eigenvalue weighted by Gasteiger charge is -2.23. The molecule has 1 aromatic heterocycles. The highest BCUT2D eigenvalue weighted by Crippen LogP contribution is 2.29. The number of hydrogen-bond acceptors (Lipinski definition) is 6. The second-order valence-corrected chi connectivity index (χ2v) is 10.4. The maximum atomic E-state index is 14.5. The normalized spacial score (nSPS) is 17.1. The summed E-state index contributed by atoms with van der Waals surface area (Å²) >= 11 is 7.31. The largest absolute Gasteiger partial charge is 0.384 e. The lowest BCUT2D eigenvalue weighted by atomic mass is 9.99. The predicted molar refractivity (Wildman–Crippen MR) is 122 cm³/mol. The van der Waals surface area contributed by atoms with E-state index in [-0.39, 0.29) is 10.2 Å². The van der Waals surface area contributed by atoms with Crippen LogP contribution in [0.5, 0.6) is 0 Å². The minimum Gasteiger partial charge on any atom is -0.384 e. The fourth-order valence-electron chi connectivity index (χ4n) is 3.58. The highest BCUT2D eigenvalue weighted by atomic mass is 35.5. The van der Waals surface area contributed by atoms with Gasteiger partial charge in [0.15, 0.2) is 5.13 Å². The quantitative estimate of drug-likeness (QED) is 0.388. The lowest BCUT2D eigenvalue weighted by molar-refractivity contribution is 0.371. The van der Waals surface area contributed by atoms with Gasteiger partial charge in [-0.15, -0.1) is 11.3 Å². The first kappa shape index (κ1) is 23.2. The summed E-state index contributed by atoms with van der Waals surface area (Å²) in [6.45, 7) is 1.80. The van der Waals surface area contributed by atoms with Crippen molar-refractivity contribution < 1.29 is 12.8 Å². The summed E-state index contributed by atoms with van der Waals surface area (Å²) in [5.74, 6) is -0.856. The van der Waals surface area contributed by atoms with Gasteiger partial charge in [0.1, 0.15) is 10.7 Å². The van der Waals surface area contributed by atoms with Crippen LogP contribution in [-0.4, -0.2) is 32.5 Å². The Hall–Kier alpha value is -1.42. The Morgan fingerprint density at radius 1 is 1.23 bits per heavy atom. The van der Waals surface area contributed by atoms with E-state index in [1.54, 1.807) is 5.38 Å². The van der Waals surface area contributed by atoms with Gasteiger partial charge in [0.25, 0.3) is 10.0 Å². The van der Waals surface area contributed by atoms with Crippen molar-refractivity contribution in [2.24, 2.45) is 0 Å². The fourth-order valence-corrected chi connectivity index (χ4v) is 5.75. The van der Waals surface area contributed by atoms with E-state index in [2.05, 4.69) is 20.3 Å². The van der Waals surface area contributed by atoms with Gasteiger partial charge in [0.2, 0.25) is 0 Å². The zero-order valence-electron chi connectivity index (χ0n) is 16.8. The van der Waals surface area contributed by atoms with Crippen LogP contribution in [0.25, 0.3) is 0 Å². The minimum absolute atomic E-state index is 0.166. The topological polar surface area (TPSA) is 83.1 Å². The van der Waals surface area contributed by atoms with Crippen molar-refractivity contribution in [3.63, 3.8) is 0 Å². The molecular weight excluding hydrogens is 447 g/mol. The molecule has 3 N–H and O–H groups in total. The molecule has 1 aromatic carbocycles. The van der Waals surface area contributed by atoms with E-state index in [0.717, 1.165) is 42.9 Å². The first-order chi connectivity index (χ1) is 14.5. The summed E-state index contributed by atoms with van der Waals surface area (Å²) in [6.07, 6.45) is 11.0. The third-order valence-electron chi connectivity index (χ3n) is 5.17. The molecule has 0 bridgehead atoms. The minimum atomic E-state index is -4.09. The molecule has 6 nitrogen and oxygen atoms in total. The molecule has 166 valence electrons. The first-order valence-corrected chi connectivity index (χ1v) is 13.1. The first-order valence-electron chi connectivity index (χ1n) is 10.3. The number of rotatable bonds is 11. The Kier molecular flexibility index (Phi) is 8.73. The van der Waals surface area contributed by atoms with Gasteiger partial charge in [-0.25, -0.2) is 17.8 Å². The van der Waals surface area contributed by atoms with Crippen molar-refractivity contribution in [3.8, 4) is 0 Å². The number of aromatic nitrogens is 1. The van der Waals surface area contributed by atoms with Gasteiger partial charge in [0, 0.05) is 24.2 Å². The van der Waals surface area contributed by atoms with E-state index in [4.69, 9.17) is 11.6 Å². The van der Waals surface area contributed by atoms with Gasteiger partial charge < -0.3 is 10.6 Å². The van der Waals surface area contributed by atoms with E-state index in [1.807, 2.05) is 0 Å². The molecule has 1 aliphatic rings. The SMILES string of the molecule is O=S(=O)(Nc1nccs1)c1cc(Cl)c(NCCCCCC[C@@H]2CCCCN2)cc1F. The molecule has 3 rings (SSSR count). The summed E-state index contributed by atoms with van der Waals surface area (Å²) < 4.78 is 41.5. The van der Waals surface area contributed by atoms with Crippen LogP contribution >= 0.6 is 22.9 Å². The van der Waals surface area contributed by atoms with E-state index in [9.17, 15) is 12.8 Å². The van der Waals surface area contributed by atoms with E-state index < -0.39 is 20.7 Å². The maximum absolute atomic E-state index is 14.5. The summed E-state index contributed by atoms with van der Waals surface area (Å²) in [6, 6.07) is 2.94. The molecular formula is C20H28ClFN4O2S2. The highest BCUT2D eigenvalue weighted by Gasteiger charge is 2.22. The van der Waals surface area contributed by atoms with Crippen LogP contribution in [0.2, 0.25) is 5.02 Å². The fraction of sp³-hybridized carbons (Fsp3) is 0.550. The monoisotopic (exact) mass is 474 g/mol. The Morgan fingerprint density at radius 2 is 2.07 bits per heavy atom. The molecule has 1 fully saturated rings. The smallest absolute Gasteiger partial charge is 0.266 e. The standard InChI is InChI=1S/C20H28ClFN4O2S2/c21-16-13-19(30(27,28)26-20-25-11-12-29-20)17(22)14-18(16)24-10-5-2-1-3-7-15-8-4-6-9-23-15/h11-15,23-24H,1-10H2,(H,25,26)/t15-/m1/s1. The molecule has 0 unspecified atom stereocenters. The van der Waals surface area contributed by atoms with Crippen LogP contribution in [0.15, 0.2) is 28.6 Å². The third kappa shape index (κ3) is 6.80. The third-order valence-corrected chi connectivity index (χ3v) is 7.66. The average Bonchev–Trinajstić information content (AvgIpc) is 3.22. The van der Waals surface area contributed by atoms with Crippen LogP contribution in [0.1, 0.15) is 51.4 Å². The van der Waals surface area contributed by atoms with Gasteiger partial charge in [-0.05, 0) is 44.4 Å². The predicted octanol–water partition coefficient (Wildman–Crippen LogP) is 5.24. The average molecular weight is 475 g/mol. The van der Waals surface area contributed by atoms with Gasteiger partial charge >= 0.3 is 0 Å². The number of thiazole rings is 1. The van der Waals surface area contributed by atoms with E-state index in [0.29, 0.717) is 18.3 Å². The highest BCUT2D eigenvalue weighted by molar-refractivity contribution is 7.93. The van der Waals surface area contributed by atoms with Crippen molar-refractivity contribution in [2.75, 3.05) is 23.1 Å². The number of piperidine rings is 1. The van der Waals surface area contributed by atoms with Crippen molar-refractivity contribution in [1.29, 1.82) is 0 Å². The number of anilines is 2. The van der Waals surface area contributed by atoms with Crippen molar-refractivity contribution in [3.05, 3.63) is 34.5 Å². The number of unbranched alkanes of at least 4 members (excludes halogenated alkanes) is 3. The molecule has 0 saturated carbocycles. The number of nitrogens with one attached hydrogen (secondary N) is 3. The molecule has 1 aliphatic heterocycles. The van der Waals surface area contributed by atoms with Crippen molar-refractivity contribution in [2.45, 2.75) is 62.3 Å². The summed E-state index contributed by atoms with van der Waals surface area (Å²) in [4.78, 5) is 3.36. The molecule has 2 aromatic rings. The molecule has 0 spiro atoms. The number of halogens is 2. The van der Waals surface area contributed by atoms with Crippen molar-refractivity contribution in [1.82, 2.24) is 10.3 Å². The number of nitrogens with zero attached hydrogens (tertiary/aromatic N) is 1. The number of hydrogen-bond donors (Lipinski definition) is 3. The second-order valence-electron chi connectivity index (χ2n) is 7.48. The van der Waals surface area contributed by atoms with E-state index in [1.165, 1.54) is 44.7 Å². The Balaban J connectivity index is 1.43. The molecule has 1 atom stereocenters. The number of benzene rings is 1. The van der Waals surface area contributed by atoms with Crippen LogP contribution < -0.4 is 15.4 Å². The molecule has 2 heterocycles. The van der Waals surface area contributed by atoms with Crippen LogP contribution in [0.3, 0.4) is 0 Å². The van der Waals surface area contributed by atoms with Gasteiger partial charge in [0.05, 0.1) is 10.7 Å². The summed E-state index contributed by atoms with van der Waals surface area (Å²) in [5, 5.41) is 8.64. The lowest BCUT2D eigenvalue weighted by Crippen LogP contribution is -2.33. The van der Waals surface area contributed by atoms with Crippen LogP contribution in [-0.2, 0) is 10.0 Å². The zero-order valence-corrected chi connectivity index (χ0v) is 19.2. The molecule has 0 amide bonds. The number of sulfonamides is 1. The molecule has 0 radical (unpaired) electrons. The Labute approximate surface area is 186 Å². The molecule has 30 heavy (non-hydrogen) atoms. The van der Waals surface area contributed by atoms with Gasteiger partial charge in [-0.3, -0.25) is 4.72 Å². The summed E-state index contributed by atoms with van der Waals surface area (Å²) in [5.41, 5.74) is 0.397. The molecule has 0 aliphatic carbocycles. The Bertz CT molecular complexity index is 904. The van der Waals surface area contributed by atoms with Gasteiger partial charge in [-0.1, -0.05) is 37.3 Å².